The maximum atomic E-state index is 13.7. The van der Waals surface area contributed by atoms with E-state index >= 15 is 0 Å². The first-order valence-corrected chi connectivity index (χ1v) is 12.7. The first-order chi connectivity index (χ1) is 16.0. The Labute approximate surface area is 195 Å². The molecule has 5 rings (SSSR count). The zero-order chi connectivity index (χ0) is 22.8. The normalized spacial score (nSPS) is 15.1. The van der Waals surface area contributed by atoms with Gasteiger partial charge in [0.25, 0.3) is 0 Å². The largest absolute Gasteiger partial charge is 0.367 e. The highest BCUT2D eigenvalue weighted by Crippen LogP contribution is 2.36. The van der Waals surface area contributed by atoms with Crippen LogP contribution in [0.1, 0.15) is 11.1 Å². The van der Waals surface area contributed by atoms with E-state index in [1.165, 1.54) is 11.8 Å². The molecule has 1 fully saturated rings. The minimum Gasteiger partial charge on any atom is -0.367 e. The van der Waals surface area contributed by atoms with Crippen molar-refractivity contribution in [1.82, 2.24) is 9.88 Å². The first kappa shape index (κ1) is 21.6. The van der Waals surface area contributed by atoms with Gasteiger partial charge in [0.15, 0.2) is 0 Å². The number of rotatable bonds is 5. The van der Waals surface area contributed by atoms with Gasteiger partial charge in [-0.3, -0.25) is 9.88 Å². The van der Waals surface area contributed by atoms with Gasteiger partial charge in [-0.05, 0) is 36.8 Å². The topological polar surface area (TPSA) is 53.5 Å². The predicted molar refractivity (Wildman–Crippen MR) is 132 cm³/mol. The number of aryl methyl sites for hydroxylation is 1. The number of sulfone groups is 1. The standard InChI is InChI=1S/C27H27N3O2S/c1-21-12-13-25-24(18-21)27(26(19-28-25)33(31,32)23-10-6-3-7-11-23)30-16-14-29(15-17-30)20-22-8-4-2-5-9-22/h2-13,18-19H,14-17,20H2,1H3. The molecule has 0 spiro atoms. The summed E-state index contributed by atoms with van der Waals surface area (Å²) >= 11 is 0. The number of nitrogens with zero attached hydrogens (tertiary/aromatic N) is 3. The lowest BCUT2D eigenvalue weighted by atomic mass is 10.1. The van der Waals surface area contributed by atoms with Crippen LogP contribution in [-0.4, -0.2) is 44.5 Å². The molecular weight excluding hydrogens is 430 g/mol. The SMILES string of the molecule is Cc1ccc2ncc(S(=O)(=O)c3ccccc3)c(N3CCN(Cc4ccccc4)CC3)c2c1. The molecule has 1 aromatic heterocycles. The van der Waals surface area contributed by atoms with E-state index < -0.39 is 9.84 Å². The van der Waals surface area contributed by atoms with E-state index in [1.807, 2.05) is 31.2 Å². The fourth-order valence-electron chi connectivity index (χ4n) is 4.49. The smallest absolute Gasteiger partial charge is 0.210 e. The summed E-state index contributed by atoms with van der Waals surface area (Å²) in [5.41, 5.74) is 3.96. The molecule has 4 aromatic rings. The number of piperazine rings is 1. The van der Waals surface area contributed by atoms with Crippen molar-refractivity contribution in [2.24, 2.45) is 0 Å². The highest BCUT2D eigenvalue weighted by Gasteiger charge is 2.28. The lowest BCUT2D eigenvalue weighted by molar-refractivity contribution is 0.249. The van der Waals surface area contributed by atoms with Gasteiger partial charge in [-0.1, -0.05) is 60.2 Å². The molecule has 1 aliphatic rings. The molecule has 0 bridgehead atoms. The van der Waals surface area contributed by atoms with E-state index in [1.54, 1.807) is 24.3 Å². The summed E-state index contributed by atoms with van der Waals surface area (Å²) in [6, 6.07) is 25.1. The van der Waals surface area contributed by atoms with Crippen LogP contribution in [0.25, 0.3) is 10.9 Å². The number of benzene rings is 3. The number of pyridine rings is 1. The molecule has 0 radical (unpaired) electrons. The van der Waals surface area contributed by atoms with Crippen molar-refractivity contribution in [3.63, 3.8) is 0 Å². The Morgan fingerprint density at radius 3 is 2.21 bits per heavy atom. The average molecular weight is 458 g/mol. The third-order valence-corrected chi connectivity index (χ3v) is 8.01. The molecule has 6 heteroatoms. The van der Waals surface area contributed by atoms with Crippen molar-refractivity contribution in [2.75, 3.05) is 31.1 Å². The monoisotopic (exact) mass is 457 g/mol. The van der Waals surface area contributed by atoms with Crippen molar-refractivity contribution in [1.29, 1.82) is 0 Å². The molecule has 1 aliphatic heterocycles. The second kappa shape index (κ2) is 8.96. The highest BCUT2D eigenvalue weighted by atomic mass is 32.2. The van der Waals surface area contributed by atoms with Crippen molar-refractivity contribution in [3.8, 4) is 0 Å². The average Bonchev–Trinajstić information content (AvgIpc) is 2.85. The van der Waals surface area contributed by atoms with Crippen LogP contribution in [0.2, 0.25) is 0 Å². The van der Waals surface area contributed by atoms with Crippen LogP contribution >= 0.6 is 0 Å². The minimum absolute atomic E-state index is 0.281. The Morgan fingerprint density at radius 1 is 0.848 bits per heavy atom. The Balaban J connectivity index is 1.53. The van der Waals surface area contributed by atoms with E-state index in [9.17, 15) is 8.42 Å². The quantitative estimate of drug-likeness (QED) is 0.435. The summed E-state index contributed by atoms with van der Waals surface area (Å²) in [4.78, 5) is 9.74. The zero-order valence-corrected chi connectivity index (χ0v) is 19.5. The van der Waals surface area contributed by atoms with Gasteiger partial charge in [-0.2, -0.15) is 0 Å². The molecule has 0 atom stereocenters. The number of anilines is 1. The summed E-state index contributed by atoms with van der Waals surface area (Å²) in [6.07, 6.45) is 1.53. The molecular formula is C27H27N3O2S. The zero-order valence-electron chi connectivity index (χ0n) is 18.7. The van der Waals surface area contributed by atoms with Crippen LogP contribution in [-0.2, 0) is 16.4 Å². The van der Waals surface area contributed by atoms with Gasteiger partial charge in [-0.15, -0.1) is 0 Å². The highest BCUT2D eigenvalue weighted by molar-refractivity contribution is 7.91. The van der Waals surface area contributed by atoms with E-state index in [2.05, 4.69) is 45.1 Å². The summed E-state index contributed by atoms with van der Waals surface area (Å²) in [7, 11) is -3.70. The Morgan fingerprint density at radius 2 is 1.52 bits per heavy atom. The molecule has 168 valence electrons. The van der Waals surface area contributed by atoms with Crippen LogP contribution < -0.4 is 4.90 Å². The molecule has 0 unspecified atom stereocenters. The Kier molecular flexibility index (Phi) is 5.87. The maximum absolute atomic E-state index is 13.7. The predicted octanol–water partition coefficient (Wildman–Crippen LogP) is 4.70. The van der Waals surface area contributed by atoms with Gasteiger partial charge in [0.2, 0.25) is 9.84 Å². The lowest BCUT2D eigenvalue weighted by Crippen LogP contribution is -2.46. The van der Waals surface area contributed by atoms with Crippen LogP contribution in [0, 0.1) is 6.92 Å². The summed E-state index contributed by atoms with van der Waals surface area (Å²) in [6.45, 7) is 6.19. The van der Waals surface area contributed by atoms with Crippen LogP contribution in [0.3, 0.4) is 0 Å². The van der Waals surface area contributed by atoms with Gasteiger partial charge < -0.3 is 4.90 Å². The van der Waals surface area contributed by atoms with Gasteiger partial charge in [-0.25, -0.2) is 8.42 Å². The fraction of sp³-hybridized carbons (Fsp3) is 0.222. The maximum Gasteiger partial charge on any atom is 0.210 e. The summed E-state index contributed by atoms with van der Waals surface area (Å²) in [5, 5.41) is 0.892. The molecule has 33 heavy (non-hydrogen) atoms. The third-order valence-electron chi connectivity index (χ3n) is 6.24. The second-order valence-corrected chi connectivity index (χ2v) is 10.5. The van der Waals surface area contributed by atoms with Gasteiger partial charge in [0, 0.05) is 44.3 Å². The van der Waals surface area contributed by atoms with Crippen molar-refractivity contribution < 1.29 is 8.42 Å². The molecule has 3 aromatic carbocycles. The third kappa shape index (κ3) is 4.36. The molecule has 0 amide bonds. The molecule has 0 aliphatic carbocycles. The number of hydrogen-bond donors (Lipinski definition) is 0. The molecule has 1 saturated heterocycles. The summed E-state index contributed by atoms with van der Waals surface area (Å²) < 4.78 is 27.3. The fourth-order valence-corrected chi connectivity index (χ4v) is 5.95. The van der Waals surface area contributed by atoms with Crippen molar-refractivity contribution in [2.45, 2.75) is 23.3 Å². The minimum atomic E-state index is -3.70. The van der Waals surface area contributed by atoms with E-state index in [4.69, 9.17) is 0 Å². The molecule has 2 heterocycles. The first-order valence-electron chi connectivity index (χ1n) is 11.2. The van der Waals surface area contributed by atoms with E-state index in [0.29, 0.717) is 4.90 Å². The number of hydrogen-bond acceptors (Lipinski definition) is 5. The van der Waals surface area contributed by atoms with Gasteiger partial charge in [0.1, 0.15) is 4.90 Å². The summed E-state index contributed by atoms with van der Waals surface area (Å²) in [5.74, 6) is 0. The van der Waals surface area contributed by atoms with Crippen molar-refractivity contribution >= 4 is 26.4 Å². The molecule has 0 N–H and O–H groups in total. The van der Waals surface area contributed by atoms with Crippen LogP contribution in [0.15, 0.2) is 94.9 Å². The molecule has 0 saturated carbocycles. The second-order valence-electron chi connectivity index (χ2n) is 8.56. The van der Waals surface area contributed by atoms with E-state index in [-0.39, 0.29) is 4.90 Å². The lowest BCUT2D eigenvalue weighted by Gasteiger charge is -2.37. The Hall–Kier alpha value is -3.22. The number of aromatic nitrogens is 1. The van der Waals surface area contributed by atoms with Crippen LogP contribution in [0.4, 0.5) is 5.69 Å². The Bertz CT molecular complexity index is 1360. The number of fused-ring (bicyclic) bond motifs is 1. The van der Waals surface area contributed by atoms with Crippen LogP contribution in [0.5, 0.6) is 0 Å². The van der Waals surface area contributed by atoms with Gasteiger partial charge >= 0.3 is 0 Å². The van der Waals surface area contributed by atoms with E-state index in [0.717, 1.165) is 54.9 Å². The molecule has 5 nitrogen and oxygen atoms in total. The van der Waals surface area contributed by atoms with Crippen molar-refractivity contribution in [3.05, 3.63) is 96.2 Å². The van der Waals surface area contributed by atoms with Gasteiger partial charge in [0.05, 0.1) is 16.1 Å².